The highest BCUT2D eigenvalue weighted by Gasteiger charge is 2.37. The number of carbonyl (C=O) groups excluding carboxylic acids is 1. The zero-order valence-electron chi connectivity index (χ0n) is 4.52. The summed E-state index contributed by atoms with van der Waals surface area (Å²) in [6.07, 6.45) is 0. The van der Waals surface area contributed by atoms with Gasteiger partial charge in [0.2, 0.25) is 3.23 Å². The molecule has 1 N–H and O–H groups in total. The first-order chi connectivity index (χ1) is 3.89. The van der Waals surface area contributed by atoms with Crippen LogP contribution in [0.3, 0.4) is 0 Å². The number of carboxylic acid groups (broad SMARTS) is 1. The van der Waals surface area contributed by atoms with E-state index >= 15 is 0 Å². The molecule has 0 unspecified atom stereocenters. The number of ketones is 1. The Kier molecular flexibility index (Phi) is 2.82. The second kappa shape index (κ2) is 2.79. The summed E-state index contributed by atoms with van der Waals surface area (Å²) in [7, 11) is 0. The van der Waals surface area contributed by atoms with Crippen LogP contribution < -0.4 is 0 Å². The molecule has 3 nitrogen and oxygen atoms in total. The van der Waals surface area contributed by atoms with Crippen LogP contribution in [-0.4, -0.2) is 20.1 Å². The fraction of sp³-hybridized carbons (Fsp3) is 0.500. The van der Waals surface area contributed by atoms with Crippen LogP contribution in [0, 0.1) is 0 Å². The minimum Gasteiger partial charge on any atom is -0.479 e. The number of carboxylic acids is 1. The zero-order valence-corrected chi connectivity index (χ0v) is 7.69. The summed E-state index contributed by atoms with van der Waals surface area (Å²) in [6, 6.07) is 0. The zero-order chi connectivity index (χ0) is 7.65. The van der Waals surface area contributed by atoms with Gasteiger partial charge in [-0.05, 0) is 6.92 Å². The van der Waals surface area contributed by atoms with Crippen LogP contribution in [0.25, 0.3) is 0 Å². The van der Waals surface area contributed by atoms with E-state index in [1.807, 2.05) is 0 Å². The Morgan fingerprint density at radius 2 is 1.78 bits per heavy atom. The average Bonchev–Trinajstić information content (AvgIpc) is 1.65. The highest BCUT2D eigenvalue weighted by Crippen LogP contribution is 2.26. The number of Topliss-reactive ketones (excluding diaryl/α,β-unsaturated/α-hetero) is 1. The van der Waals surface area contributed by atoms with Crippen LogP contribution in [0.4, 0.5) is 0 Å². The predicted octanol–water partition coefficient (Wildman–Crippen LogP) is 1.15. The van der Waals surface area contributed by atoms with Crippen molar-refractivity contribution >= 4 is 43.6 Å². The van der Waals surface area contributed by atoms with Crippen LogP contribution >= 0.6 is 31.9 Å². The Bertz CT molecular complexity index is 136. The van der Waals surface area contributed by atoms with Crippen molar-refractivity contribution in [1.82, 2.24) is 0 Å². The third-order valence-corrected chi connectivity index (χ3v) is 2.51. The minimum absolute atomic E-state index is 0.491. The van der Waals surface area contributed by atoms with Crippen molar-refractivity contribution in [2.75, 3.05) is 0 Å². The van der Waals surface area contributed by atoms with Crippen LogP contribution in [0.2, 0.25) is 0 Å². The van der Waals surface area contributed by atoms with Gasteiger partial charge in [0, 0.05) is 0 Å². The standard InChI is InChI=1S/C4H4Br2O3/c1-2(7)4(5,6)3(8)9/h1H3,(H,8,9). The van der Waals surface area contributed by atoms with Crippen molar-refractivity contribution in [3.63, 3.8) is 0 Å². The Balaban J connectivity index is 4.38. The third-order valence-electron chi connectivity index (χ3n) is 0.711. The number of halogens is 2. The van der Waals surface area contributed by atoms with Crippen LogP contribution in [0.15, 0.2) is 0 Å². The molecule has 0 aliphatic carbocycles. The average molecular weight is 260 g/mol. The molecule has 0 aromatic carbocycles. The van der Waals surface area contributed by atoms with Gasteiger partial charge in [-0.1, -0.05) is 31.9 Å². The highest BCUT2D eigenvalue weighted by atomic mass is 79.9. The molecule has 0 saturated heterocycles. The fourth-order valence-corrected chi connectivity index (χ4v) is 0.151. The van der Waals surface area contributed by atoms with Crippen LogP contribution in [0.1, 0.15) is 6.92 Å². The number of hydrogen-bond acceptors (Lipinski definition) is 2. The SMILES string of the molecule is CC(=O)C(Br)(Br)C(=O)O. The molecule has 0 atom stereocenters. The maximum atomic E-state index is 10.4. The molecule has 0 fully saturated rings. The molecule has 0 saturated carbocycles. The first kappa shape index (κ1) is 9.10. The van der Waals surface area contributed by atoms with Crippen molar-refractivity contribution in [2.45, 2.75) is 10.2 Å². The largest absolute Gasteiger partial charge is 0.479 e. The molecule has 0 aromatic heterocycles. The smallest absolute Gasteiger partial charge is 0.339 e. The van der Waals surface area contributed by atoms with Gasteiger partial charge in [-0.25, -0.2) is 4.79 Å². The van der Waals surface area contributed by atoms with Crippen molar-refractivity contribution in [3.05, 3.63) is 0 Å². The molecule has 0 aliphatic rings. The van der Waals surface area contributed by atoms with E-state index in [0.29, 0.717) is 0 Å². The van der Waals surface area contributed by atoms with E-state index in [2.05, 4.69) is 31.9 Å². The number of alkyl halides is 2. The van der Waals surface area contributed by atoms with Gasteiger partial charge in [-0.15, -0.1) is 0 Å². The van der Waals surface area contributed by atoms with E-state index in [1.54, 1.807) is 0 Å². The number of rotatable bonds is 2. The van der Waals surface area contributed by atoms with Gasteiger partial charge in [0.1, 0.15) is 0 Å². The van der Waals surface area contributed by atoms with E-state index in [1.165, 1.54) is 6.92 Å². The molecule has 0 bridgehead atoms. The van der Waals surface area contributed by atoms with E-state index < -0.39 is 15.0 Å². The molecule has 9 heavy (non-hydrogen) atoms. The summed E-state index contributed by atoms with van der Waals surface area (Å²) in [5.41, 5.74) is 0. The van der Waals surface area contributed by atoms with Gasteiger partial charge < -0.3 is 5.11 Å². The summed E-state index contributed by atoms with van der Waals surface area (Å²) in [4.78, 5) is 20.6. The van der Waals surface area contributed by atoms with E-state index in [9.17, 15) is 9.59 Å². The second-order valence-corrected chi connectivity index (χ2v) is 4.88. The maximum absolute atomic E-state index is 10.4. The molecule has 0 spiro atoms. The van der Waals surface area contributed by atoms with Gasteiger partial charge in [-0.2, -0.15) is 0 Å². The number of hydrogen-bond donors (Lipinski definition) is 1. The summed E-state index contributed by atoms with van der Waals surface area (Å²) >= 11 is 5.36. The molecule has 0 heterocycles. The topological polar surface area (TPSA) is 54.4 Å². The molecule has 0 rings (SSSR count). The number of aliphatic carboxylic acids is 1. The first-order valence-corrected chi connectivity index (χ1v) is 3.60. The highest BCUT2D eigenvalue weighted by molar-refractivity contribution is 9.26. The first-order valence-electron chi connectivity index (χ1n) is 2.01. The summed E-state index contributed by atoms with van der Waals surface area (Å²) in [5.74, 6) is -1.73. The lowest BCUT2D eigenvalue weighted by molar-refractivity contribution is -0.139. The maximum Gasteiger partial charge on any atom is 0.339 e. The number of carbonyl (C=O) groups is 2. The normalized spacial score (nSPS) is 11.0. The molecule has 0 aliphatic heterocycles. The molecule has 0 radical (unpaired) electrons. The lowest BCUT2D eigenvalue weighted by Gasteiger charge is -2.08. The monoisotopic (exact) mass is 258 g/mol. The van der Waals surface area contributed by atoms with Crippen LogP contribution in [0.5, 0.6) is 0 Å². The van der Waals surface area contributed by atoms with E-state index in [-0.39, 0.29) is 0 Å². The van der Waals surface area contributed by atoms with Crippen LogP contribution in [-0.2, 0) is 9.59 Å². The van der Waals surface area contributed by atoms with Crippen molar-refractivity contribution in [1.29, 1.82) is 0 Å². The third kappa shape index (κ3) is 2.06. The van der Waals surface area contributed by atoms with Crippen molar-refractivity contribution in [2.24, 2.45) is 0 Å². The second-order valence-electron chi connectivity index (χ2n) is 1.44. The Labute approximate surface area is 68.7 Å². The van der Waals surface area contributed by atoms with Crippen molar-refractivity contribution in [3.8, 4) is 0 Å². The van der Waals surface area contributed by atoms with E-state index in [4.69, 9.17) is 5.11 Å². The quantitative estimate of drug-likeness (QED) is 0.598. The minimum atomic E-state index is -1.60. The molecule has 0 aromatic rings. The molecule has 0 amide bonds. The van der Waals surface area contributed by atoms with Crippen molar-refractivity contribution < 1.29 is 14.7 Å². The Morgan fingerprint density at radius 1 is 1.44 bits per heavy atom. The molecular formula is C4H4Br2O3. The lowest BCUT2D eigenvalue weighted by atomic mass is 10.3. The Hall–Kier alpha value is 0.1000. The van der Waals surface area contributed by atoms with Gasteiger partial charge in [-0.3, -0.25) is 4.79 Å². The lowest BCUT2D eigenvalue weighted by Crippen LogP contribution is -2.31. The van der Waals surface area contributed by atoms with E-state index in [0.717, 1.165) is 0 Å². The van der Waals surface area contributed by atoms with Gasteiger partial charge in [0.25, 0.3) is 0 Å². The summed E-state index contributed by atoms with van der Waals surface area (Å²) in [6.45, 7) is 1.18. The molecule has 52 valence electrons. The molecular weight excluding hydrogens is 256 g/mol. The summed E-state index contributed by atoms with van der Waals surface area (Å²) < 4.78 is -1.60. The fourth-order valence-electron chi connectivity index (χ4n) is 0.151. The van der Waals surface area contributed by atoms with Gasteiger partial charge >= 0.3 is 5.97 Å². The predicted molar refractivity (Wildman–Crippen MR) is 38.9 cm³/mol. The molecule has 5 heteroatoms. The van der Waals surface area contributed by atoms with Gasteiger partial charge in [0.15, 0.2) is 5.78 Å². The Morgan fingerprint density at radius 3 is 1.78 bits per heavy atom. The van der Waals surface area contributed by atoms with Gasteiger partial charge in [0.05, 0.1) is 0 Å². The summed E-state index contributed by atoms with van der Waals surface area (Å²) in [5, 5.41) is 8.30.